The molecule has 0 unspecified atom stereocenters. The van der Waals surface area contributed by atoms with Crippen molar-refractivity contribution in [3.63, 3.8) is 0 Å². The van der Waals surface area contributed by atoms with Gasteiger partial charge in [0.2, 0.25) is 0 Å². The molecular weight excluding hydrogens is 256 g/mol. The number of carboxylic acids is 2. The molecule has 0 radical (unpaired) electrons. The molecule has 2 N–H and O–H groups in total. The molecule has 4 nitrogen and oxygen atoms in total. The molecule has 0 bridgehead atoms. The normalized spacial score (nSPS) is 10.6. The molecule has 0 aliphatic rings. The predicted molar refractivity (Wildman–Crippen MR) is 79.3 cm³/mol. The zero-order valence-corrected chi connectivity index (χ0v) is 11.3. The van der Waals surface area contributed by atoms with Gasteiger partial charge in [0.05, 0.1) is 0 Å². The number of allylic oxidation sites excluding steroid dienone is 2. The van der Waals surface area contributed by atoms with Crippen LogP contribution in [0.3, 0.4) is 0 Å². The zero-order chi connectivity index (χ0) is 15.4. The second-order valence-corrected chi connectivity index (χ2v) is 3.66. The number of hydrogen-bond acceptors (Lipinski definition) is 2. The summed E-state index contributed by atoms with van der Waals surface area (Å²) in [7, 11) is 0. The molecule has 1 aromatic rings. The monoisotopic (exact) mass is 274 g/mol. The van der Waals surface area contributed by atoms with Crippen molar-refractivity contribution in [2.75, 3.05) is 0 Å². The topological polar surface area (TPSA) is 74.6 Å². The number of aliphatic carboxylic acids is 2. The Morgan fingerprint density at radius 3 is 2.15 bits per heavy atom. The number of benzene rings is 1. The number of hydrogen-bond donors (Lipinski definition) is 2. The number of carboxylic acid groups (broad SMARTS) is 2. The molecule has 20 heavy (non-hydrogen) atoms. The van der Waals surface area contributed by atoms with E-state index in [1.165, 1.54) is 0 Å². The van der Waals surface area contributed by atoms with Crippen LogP contribution < -0.4 is 0 Å². The van der Waals surface area contributed by atoms with E-state index in [4.69, 9.17) is 10.2 Å². The standard InChI is InChI=1S/C13H14O2.C3H4O2/c1-2-12(13(14)15)10-6-9-11-7-4-3-5-8-11;1-2-3(4)5/h3-10H,2H2,1H3,(H,14,15);2H,1H2,(H,4,5). The summed E-state index contributed by atoms with van der Waals surface area (Å²) >= 11 is 0. The van der Waals surface area contributed by atoms with E-state index in [0.29, 0.717) is 12.0 Å². The Balaban J connectivity index is 0.000000621. The molecule has 0 amide bonds. The van der Waals surface area contributed by atoms with Crippen molar-refractivity contribution in [2.24, 2.45) is 0 Å². The van der Waals surface area contributed by atoms with Gasteiger partial charge in [-0.2, -0.15) is 0 Å². The van der Waals surface area contributed by atoms with E-state index in [0.717, 1.165) is 11.6 Å². The van der Waals surface area contributed by atoms with E-state index < -0.39 is 11.9 Å². The van der Waals surface area contributed by atoms with Crippen molar-refractivity contribution >= 4 is 18.0 Å². The maximum absolute atomic E-state index is 10.7. The van der Waals surface area contributed by atoms with Gasteiger partial charge in [-0.15, -0.1) is 0 Å². The van der Waals surface area contributed by atoms with Crippen molar-refractivity contribution in [1.82, 2.24) is 0 Å². The van der Waals surface area contributed by atoms with Crippen LogP contribution in [0, 0.1) is 0 Å². The van der Waals surface area contributed by atoms with E-state index in [9.17, 15) is 9.59 Å². The van der Waals surface area contributed by atoms with Crippen molar-refractivity contribution in [3.05, 3.63) is 66.3 Å². The van der Waals surface area contributed by atoms with E-state index in [-0.39, 0.29) is 0 Å². The van der Waals surface area contributed by atoms with E-state index in [2.05, 4.69) is 6.58 Å². The Morgan fingerprint density at radius 2 is 1.75 bits per heavy atom. The number of carbonyl (C=O) groups is 2. The highest BCUT2D eigenvalue weighted by Gasteiger charge is 2.00. The minimum absolute atomic E-state index is 0.419. The van der Waals surface area contributed by atoms with Gasteiger partial charge < -0.3 is 10.2 Å². The highest BCUT2D eigenvalue weighted by molar-refractivity contribution is 5.87. The first-order chi connectivity index (χ1) is 9.51. The van der Waals surface area contributed by atoms with Gasteiger partial charge in [-0.1, -0.05) is 62.1 Å². The smallest absolute Gasteiger partial charge is 0.331 e. The summed E-state index contributed by atoms with van der Waals surface area (Å²) in [6.07, 6.45) is 6.66. The molecule has 0 spiro atoms. The maximum atomic E-state index is 10.7. The lowest BCUT2D eigenvalue weighted by molar-refractivity contribution is -0.133. The first kappa shape index (κ1) is 17.4. The molecule has 0 saturated heterocycles. The molecule has 0 aromatic heterocycles. The highest BCUT2D eigenvalue weighted by atomic mass is 16.4. The second-order valence-electron chi connectivity index (χ2n) is 3.66. The van der Waals surface area contributed by atoms with Crippen molar-refractivity contribution < 1.29 is 19.8 Å². The maximum Gasteiger partial charge on any atom is 0.331 e. The van der Waals surface area contributed by atoms with Gasteiger partial charge >= 0.3 is 11.9 Å². The zero-order valence-electron chi connectivity index (χ0n) is 11.3. The summed E-state index contributed by atoms with van der Waals surface area (Å²) in [6, 6.07) is 9.78. The van der Waals surface area contributed by atoms with Crippen molar-refractivity contribution in [3.8, 4) is 0 Å². The Morgan fingerprint density at radius 1 is 1.20 bits per heavy atom. The lowest BCUT2D eigenvalue weighted by Gasteiger charge is -1.94. The molecular formula is C16H18O4. The van der Waals surface area contributed by atoms with Gasteiger partial charge in [-0.05, 0) is 12.0 Å². The first-order valence-electron chi connectivity index (χ1n) is 6.02. The minimum Gasteiger partial charge on any atom is -0.478 e. The lowest BCUT2D eigenvalue weighted by atomic mass is 10.1. The fourth-order valence-corrected chi connectivity index (χ4v) is 1.18. The molecule has 0 heterocycles. The summed E-state index contributed by atoms with van der Waals surface area (Å²) in [4.78, 5) is 19.9. The molecule has 1 aromatic carbocycles. The van der Waals surface area contributed by atoms with Crippen LogP contribution in [-0.2, 0) is 9.59 Å². The third-order valence-corrected chi connectivity index (χ3v) is 2.22. The molecule has 0 aliphatic heterocycles. The van der Waals surface area contributed by atoms with Gasteiger partial charge in [0.1, 0.15) is 0 Å². The Bertz CT molecular complexity index is 498. The molecule has 1 rings (SSSR count). The predicted octanol–water partition coefficient (Wildman–Crippen LogP) is 3.38. The first-order valence-corrected chi connectivity index (χ1v) is 6.02. The SMILES string of the molecule is C=CC(=O)O.CCC(=CC=Cc1ccccc1)C(=O)O. The molecule has 0 atom stereocenters. The van der Waals surface area contributed by atoms with Crippen molar-refractivity contribution in [1.29, 1.82) is 0 Å². The molecule has 4 heteroatoms. The van der Waals surface area contributed by atoms with E-state index in [1.54, 1.807) is 12.2 Å². The molecule has 0 aliphatic carbocycles. The number of rotatable bonds is 5. The third-order valence-electron chi connectivity index (χ3n) is 2.22. The summed E-state index contributed by atoms with van der Waals surface area (Å²) in [5.41, 5.74) is 1.48. The summed E-state index contributed by atoms with van der Waals surface area (Å²) in [5, 5.41) is 16.4. The van der Waals surface area contributed by atoms with Crippen molar-refractivity contribution in [2.45, 2.75) is 13.3 Å². The molecule has 106 valence electrons. The van der Waals surface area contributed by atoms with Crippen LogP contribution in [0.5, 0.6) is 0 Å². The van der Waals surface area contributed by atoms with Crippen LogP contribution in [0.4, 0.5) is 0 Å². The summed E-state index contributed by atoms with van der Waals surface area (Å²) in [6.45, 7) is 4.79. The fourth-order valence-electron chi connectivity index (χ4n) is 1.18. The third kappa shape index (κ3) is 8.47. The van der Waals surface area contributed by atoms with Gasteiger partial charge in [-0.3, -0.25) is 0 Å². The fraction of sp³-hybridized carbons (Fsp3) is 0.125. The average Bonchev–Trinajstić information content (AvgIpc) is 2.45. The summed E-state index contributed by atoms with van der Waals surface area (Å²) < 4.78 is 0. The van der Waals surface area contributed by atoms with Gasteiger partial charge in [0, 0.05) is 11.6 Å². The van der Waals surface area contributed by atoms with Crippen LogP contribution in [-0.4, -0.2) is 22.2 Å². The van der Waals surface area contributed by atoms with Gasteiger partial charge in [0.25, 0.3) is 0 Å². The quantitative estimate of drug-likeness (QED) is 0.637. The van der Waals surface area contributed by atoms with Crippen LogP contribution in [0.15, 0.2) is 60.7 Å². The lowest BCUT2D eigenvalue weighted by Crippen LogP contribution is -1.97. The molecule has 0 saturated carbocycles. The van der Waals surface area contributed by atoms with Gasteiger partial charge in [-0.25, -0.2) is 9.59 Å². The minimum atomic E-state index is -0.981. The van der Waals surface area contributed by atoms with Crippen LogP contribution in [0.2, 0.25) is 0 Å². The van der Waals surface area contributed by atoms with Crippen LogP contribution in [0.1, 0.15) is 18.9 Å². The van der Waals surface area contributed by atoms with E-state index in [1.807, 2.05) is 43.3 Å². The van der Waals surface area contributed by atoms with Crippen LogP contribution in [0.25, 0.3) is 6.08 Å². The van der Waals surface area contributed by atoms with Crippen LogP contribution >= 0.6 is 0 Å². The Hall–Kier alpha value is -2.62. The molecule has 0 fully saturated rings. The Labute approximate surface area is 118 Å². The average molecular weight is 274 g/mol. The van der Waals surface area contributed by atoms with Gasteiger partial charge in [0.15, 0.2) is 0 Å². The second kappa shape index (κ2) is 10.3. The summed E-state index contributed by atoms with van der Waals surface area (Å²) in [5.74, 6) is -1.83. The highest BCUT2D eigenvalue weighted by Crippen LogP contribution is 2.04. The Kier molecular flexibility index (Phi) is 8.96. The largest absolute Gasteiger partial charge is 0.478 e. The van der Waals surface area contributed by atoms with E-state index >= 15 is 0 Å².